The Hall–Kier alpha value is -2.21. The second kappa shape index (κ2) is 5.22. The fourth-order valence-corrected chi connectivity index (χ4v) is 1.70. The van der Waals surface area contributed by atoms with E-state index in [1.54, 1.807) is 18.2 Å². The molecular weight excluding hydrogens is 214 g/mol. The summed E-state index contributed by atoms with van der Waals surface area (Å²) in [5, 5.41) is 18.3. The summed E-state index contributed by atoms with van der Waals surface area (Å²) in [5.41, 5.74) is 1.57. The van der Waals surface area contributed by atoms with Gasteiger partial charge in [0.1, 0.15) is 18.1 Å². The van der Waals surface area contributed by atoms with E-state index in [4.69, 9.17) is 10.00 Å². The molecule has 0 heterocycles. The second-order valence-corrected chi connectivity index (χ2v) is 3.85. The molecule has 0 saturated carbocycles. The maximum atomic E-state index is 9.31. The highest BCUT2D eigenvalue weighted by Crippen LogP contribution is 2.21. The first-order valence-electron chi connectivity index (χ1n) is 5.50. The summed E-state index contributed by atoms with van der Waals surface area (Å²) in [6.45, 7) is 0.360. The molecule has 3 nitrogen and oxygen atoms in total. The summed E-state index contributed by atoms with van der Waals surface area (Å²) in [4.78, 5) is 0. The Morgan fingerprint density at radius 1 is 1.41 bits per heavy atom. The predicted octanol–water partition coefficient (Wildman–Crippen LogP) is 3.04. The van der Waals surface area contributed by atoms with Gasteiger partial charge in [0.05, 0.1) is 11.6 Å². The van der Waals surface area contributed by atoms with Crippen LogP contribution in [0.15, 0.2) is 47.7 Å². The predicted molar refractivity (Wildman–Crippen MR) is 63.9 cm³/mol. The molecule has 1 aliphatic rings. The van der Waals surface area contributed by atoms with Crippen molar-refractivity contribution in [3.63, 3.8) is 0 Å². The summed E-state index contributed by atoms with van der Waals surface area (Å²) in [7, 11) is 0. The minimum atomic E-state index is 0.222. The van der Waals surface area contributed by atoms with Gasteiger partial charge in [-0.25, -0.2) is 0 Å². The van der Waals surface area contributed by atoms with Crippen molar-refractivity contribution < 1.29 is 9.84 Å². The molecule has 0 unspecified atom stereocenters. The van der Waals surface area contributed by atoms with E-state index in [9.17, 15) is 5.11 Å². The quantitative estimate of drug-likeness (QED) is 0.863. The number of phenols is 1. The standard InChI is InChI=1S/C14H13NO2/c15-9-12-5-1-2-7-14(12)17-10-11-4-3-6-13(16)8-11/h2-4,6-8,16H,1,5,10H2. The maximum Gasteiger partial charge on any atom is 0.133 e. The van der Waals surface area contributed by atoms with Crippen LogP contribution < -0.4 is 0 Å². The molecule has 17 heavy (non-hydrogen) atoms. The normalized spacial score (nSPS) is 14.5. The Kier molecular flexibility index (Phi) is 3.46. The first-order valence-corrected chi connectivity index (χ1v) is 5.50. The third-order valence-corrected chi connectivity index (χ3v) is 2.57. The van der Waals surface area contributed by atoms with Crippen LogP contribution in [0.1, 0.15) is 18.4 Å². The Bertz CT molecular complexity index is 509. The van der Waals surface area contributed by atoms with Gasteiger partial charge in [-0.2, -0.15) is 5.26 Å². The summed E-state index contributed by atoms with van der Waals surface area (Å²) in [6.07, 6.45) is 5.47. The maximum absolute atomic E-state index is 9.31. The molecule has 0 saturated heterocycles. The molecule has 0 aromatic heterocycles. The highest BCUT2D eigenvalue weighted by Gasteiger charge is 2.09. The number of allylic oxidation sites excluding steroid dienone is 3. The molecule has 2 rings (SSSR count). The third-order valence-electron chi connectivity index (χ3n) is 2.57. The van der Waals surface area contributed by atoms with Crippen molar-refractivity contribution in [2.24, 2.45) is 0 Å². The molecule has 3 heteroatoms. The number of nitriles is 1. The number of nitrogens with zero attached hydrogens (tertiary/aromatic N) is 1. The Morgan fingerprint density at radius 2 is 2.29 bits per heavy atom. The van der Waals surface area contributed by atoms with Gasteiger partial charge >= 0.3 is 0 Å². The van der Waals surface area contributed by atoms with Gasteiger partial charge in [0.2, 0.25) is 0 Å². The number of phenolic OH excluding ortho intramolecular Hbond substituents is 1. The summed E-state index contributed by atoms with van der Waals surface area (Å²) in [6, 6.07) is 9.06. The fourth-order valence-electron chi connectivity index (χ4n) is 1.70. The topological polar surface area (TPSA) is 53.2 Å². The lowest BCUT2D eigenvalue weighted by Crippen LogP contribution is -1.98. The molecule has 0 spiro atoms. The lowest BCUT2D eigenvalue weighted by molar-refractivity contribution is 0.206. The van der Waals surface area contributed by atoms with Gasteiger partial charge in [-0.05, 0) is 36.6 Å². The molecular formula is C14H13NO2. The van der Waals surface area contributed by atoms with Crippen LogP contribution in [0, 0.1) is 11.3 Å². The van der Waals surface area contributed by atoms with Crippen LogP contribution in [0.4, 0.5) is 0 Å². The van der Waals surface area contributed by atoms with Gasteiger partial charge in [-0.3, -0.25) is 0 Å². The third kappa shape index (κ3) is 2.88. The molecule has 86 valence electrons. The average molecular weight is 227 g/mol. The van der Waals surface area contributed by atoms with Crippen LogP contribution in [0.3, 0.4) is 0 Å². The van der Waals surface area contributed by atoms with Gasteiger partial charge in [0, 0.05) is 0 Å². The molecule has 0 bridgehead atoms. The Morgan fingerprint density at radius 3 is 3.06 bits per heavy atom. The summed E-state index contributed by atoms with van der Waals surface area (Å²) >= 11 is 0. The lowest BCUT2D eigenvalue weighted by atomic mass is 10.1. The zero-order valence-corrected chi connectivity index (χ0v) is 9.39. The number of rotatable bonds is 3. The van der Waals surface area contributed by atoms with Crippen LogP contribution in [0.5, 0.6) is 5.75 Å². The molecule has 0 radical (unpaired) electrons. The van der Waals surface area contributed by atoms with Crippen molar-refractivity contribution in [2.45, 2.75) is 19.4 Å². The number of hydrogen-bond acceptors (Lipinski definition) is 3. The number of benzene rings is 1. The minimum Gasteiger partial charge on any atom is -0.508 e. The Balaban J connectivity index is 2.05. The van der Waals surface area contributed by atoms with Crippen molar-refractivity contribution in [3.8, 4) is 11.8 Å². The average Bonchev–Trinajstić information content (AvgIpc) is 2.37. The zero-order chi connectivity index (χ0) is 12.1. The zero-order valence-electron chi connectivity index (χ0n) is 9.39. The van der Waals surface area contributed by atoms with E-state index in [-0.39, 0.29) is 5.75 Å². The van der Waals surface area contributed by atoms with Crippen LogP contribution >= 0.6 is 0 Å². The smallest absolute Gasteiger partial charge is 0.133 e. The molecule has 0 aliphatic heterocycles. The highest BCUT2D eigenvalue weighted by atomic mass is 16.5. The second-order valence-electron chi connectivity index (χ2n) is 3.85. The van der Waals surface area contributed by atoms with E-state index in [2.05, 4.69) is 6.07 Å². The molecule has 1 aromatic rings. The molecule has 1 N–H and O–H groups in total. The van der Waals surface area contributed by atoms with Gasteiger partial charge in [0.25, 0.3) is 0 Å². The van der Waals surface area contributed by atoms with Crippen LogP contribution in [-0.2, 0) is 11.3 Å². The van der Waals surface area contributed by atoms with Crippen LogP contribution in [-0.4, -0.2) is 5.11 Å². The monoisotopic (exact) mass is 227 g/mol. The molecule has 1 aromatic carbocycles. The number of ether oxygens (including phenoxy) is 1. The molecule has 0 atom stereocenters. The first-order chi connectivity index (χ1) is 8.29. The Labute approximate surface area is 100 Å². The van der Waals surface area contributed by atoms with E-state index < -0.39 is 0 Å². The van der Waals surface area contributed by atoms with E-state index in [1.807, 2.05) is 18.2 Å². The largest absolute Gasteiger partial charge is 0.508 e. The summed E-state index contributed by atoms with van der Waals surface area (Å²) in [5.74, 6) is 0.863. The SMILES string of the molecule is N#CC1=C(OCc2cccc(O)c2)C=CCC1. The van der Waals surface area contributed by atoms with Gasteiger partial charge in [0.15, 0.2) is 0 Å². The van der Waals surface area contributed by atoms with Crippen molar-refractivity contribution in [2.75, 3.05) is 0 Å². The van der Waals surface area contributed by atoms with E-state index >= 15 is 0 Å². The summed E-state index contributed by atoms with van der Waals surface area (Å²) < 4.78 is 5.59. The van der Waals surface area contributed by atoms with E-state index in [0.717, 1.165) is 18.4 Å². The van der Waals surface area contributed by atoms with Gasteiger partial charge < -0.3 is 9.84 Å². The van der Waals surface area contributed by atoms with Crippen LogP contribution in [0.2, 0.25) is 0 Å². The van der Waals surface area contributed by atoms with E-state index in [0.29, 0.717) is 17.9 Å². The van der Waals surface area contributed by atoms with Crippen molar-refractivity contribution in [3.05, 3.63) is 53.3 Å². The fraction of sp³-hybridized carbons (Fsp3) is 0.214. The van der Waals surface area contributed by atoms with Gasteiger partial charge in [-0.15, -0.1) is 0 Å². The van der Waals surface area contributed by atoms with Crippen molar-refractivity contribution in [1.82, 2.24) is 0 Å². The molecule has 0 amide bonds. The van der Waals surface area contributed by atoms with E-state index in [1.165, 1.54) is 0 Å². The lowest BCUT2D eigenvalue weighted by Gasteiger charge is -2.12. The highest BCUT2D eigenvalue weighted by molar-refractivity contribution is 5.34. The minimum absolute atomic E-state index is 0.222. The van der Waals surface area contributed by atoms with Crippen molar-refractivity contribution >= 4 is 0 Å². The van der Waals surface area contributed by atoms with Gasteiger partial charge in [-0.1, -0.05) is 18.2 Å². The first kappa shape index (κ1) is 11.3. The molecule has 0 fully saturated rings. The molecule has 1 aliphatic carbocycles. The number of hydrogen-bond donors (Lipinski definition) is 1. The van der Waals surface area contributed by atoms with Crippen molar-refractivity contribution in [1.29, 1.82) is 5.26 Å². The van der Waals surface area contributed by atoms with Crippen LogP contribution in [0.25, 0.3) is 0 Å². The number of aromatic hydroxyl groups is 1.